The molecule has 4 fully saturated rings. The van der Waals surface area contributed by atoms with Gasteiger partial charge in [0, 0.05) is 13.5 Å². The summed E-state index contributed by atoms with van der Waals surface area (Å²) in [6, 6.07) is 0. The van der Waals surface area contributed by atoms with Crippen molar-refractivity contribution in [2.24, 2.45) is 46.3 Å². The molecule has 0 radical (unpaired) electrons. The van der Waals surface area contributed by atoms with E-state index in [1.54, 1.807) is 0 Å². The summed E-state index contributed by atoms with van der Waals surface area (Å²) in [5, 5.41) is 42.2. The Balaban J connectivity index is 1.49. The van der Waals surface area contributed by atoms with Gasteiger partial charge in [-0.15, -0.1) is 0 Å². The molecule has 11 atom stereocenters. The van der Waals surface area contributed by atoms with Crippen LogP contribution in [0.5, 0.6) is 0 Å². The van der Waals surface area contributed by atoms with Crippen LogP contribution in [0.4, 0.5) is 0 Å². The molecule has 4 saturated carbocycles. The Bertz CT molecular complexity index is 789. The number of nitrogens with zero attached hydrogens (tertiary/aromatic N) is 1. The number of carbonyl (C=O) groups is 2. The van der Waals surface area contributed by atoms with Gasteiger partial charge in [0.05, 0.1) is 18.3 Å². The Morgan fingerprint density at radius 1 is 1.03 bits per heavy atom. The molecular formula is C27H45NO6. The minimum absolute atomic E-state index is 0.0658. The third-order valence-electron chi connectivity index (χ3n) is 11.1. The van der Waals surface area contributed by atoms with Gasteiger partial charge in [0.15, 0.2) is 0 Å². The van der Waals surface area contributed by atoms with E-state index in [4.69, 9.17) is 5.11 Å². The summed E-state index contributed by atoms with van der Waals surface area (Å²) in [5.41, 5.74) is -0.217. The van der Waals surface area contributed by atoms with Crippen LogP contribution >= 0.6 is 0 Å². The molecule has 4 unspecified atom stereocenters. The lowest BCUT2D eigenvalue weighted by atomic mass is 9.43. The first-order chi connectivity index (χ1) is 15.9. The van der Waals surface area contributed by atoms with Crippen LogP contribution in [0.1, 0.15) is 78.6 Å². The average molecular weight is 479 g/mol. The Labute approximate surface area is 203 Å². The van der Waals surface area contributed by atoms with Crippen LogP contribution in [-0.2, 0) is 9.59 Å². The first kappa shape index (κ1) is 25.9. The fraction of sp³-hybridized carbons (Fsp3) is 0.926. The molecule has 7 heteroatoms. The van der Waals surface area contributed by atoms with Gasteiger partial charge >= 0.3 is 5.97 Å². The molecule has 0 aliphatic heterocycles. The van der Waals surface area contributed by atoms with Gasteiger partial charge in [-0.25, -0.2) is 0 Å². The highest BCUT2D eigenvalue weighted by Gasteiger charge is 2.65. The SMILES string of the molecule is C[C@H](CCC(=O)N([11CH3])CC(=O)O)[C@H]1CCC2C3C(C[C@H](O)[C@@]21C)[C@@]1(C)CC[C@@H](O)CC1C[C@H]3O. The predicted molar refractivity (Wildman–Crippen MR) is 128 cm³/mol. The van der Waals surface area contributed by atoms with E-state index < -0.39 is 12.1 Å². The number of rotatable bonds is 6. The number of amides is 1. The topological polar surface area (TPSA) is 118 Å². The Hall–Kier alpha value is -1.18. The van der Waals surface area contributed by atoms with E-state index in [2.05, 4.69) is 20.8 Å². The first-order valence-corrected chi connectivity index (χ1v) is 13.4. The largest absolute Gasteiger partial charge is 0.480 e. The summed E-state index contributed by atoms with van der Waals surface area (Å²) in [4.78, 5) is 24.6. The van der Waals surface area contributed by atoms with Crippen LogP contribution in [0.2, 0.25) is 0 Å². The molecule has 7 nitrogen and oxygen atoms in total. The van der Waals surface area contributed by atoms with Crippen molar-refractivity contribution in [1.82, 2.24) is 4.90 Å². The zero-order valence-electron chi connectivity index (χ0n) is 21.3. The Kier molecular flexibility index (Phi) is 7.13. The molecule has 0 aromatic carbocycles. The average Bonchev–Trinajstić information content (AvgIpc) is 3.12. The quantitative estimate of drug-likeness (QED) is 0.466. The van der Waals surface area contributed by atoms with Crippen molar-refractivity contribution < 1.29 is 30.0 Å². The van der Waals surface area contributed by atoms with Crippen molar-refractivity contribution in [2.75, 3.05) is 13.6 Å². The van der Waals surface area contributed by atoms with Gasteiger partial charge in [-0.3, -0.25) is 9.59 Å². The van der Waals surface area contributed by atoms with Crippen molar-refractivity contribution in [3.8, 4) is 0 Å². The number of hydrogen-bond acceptors (Lipinski definition) is 5. The second-order valence-electron chi connectivity index (χ2n) is 12.7. The molecule has 1 amide bonds. The molecule has 4 N–H and O–H groups in total. The van der Waals surface area contributed by atoms with E-state index >= 15 is 0 Å². The lowest BCUT2D eigenvalue weighted by molar-refractivity contribution is -0.207. The molecule has 0 saturated heterocycles. The molecule has 194 valence electrons. The number of carboxylic acids is 1. The zero-order chi connectivity index (χ0) is 25.0. The van der Waals surface area contributed by atoms with Gasteiger partial charge in [0.25, 0.3) is 0 Å². The van der Waals surface area contributed by atoms with Gasteiger partial charge in [0.2, 0.25) is 5.91 Å². The molecule has 0 bridgehead atoms. The maximum atomic E-state index is 12.4. The highest BCUT2D eigenvalue weighted by molar-refractivity contribution is 5.80. The van der Waals surface area contributed by atoms with Crippen molar-refractivity contribution >= 4 is 11.9 Å². The molecule has 0 aromatic heterocycles. The van der Waals surface area contributed by atoms with Crippen molar-refractivity contribution in [3.05, 3.63) is 0 Å². The van der Waals surface area contributed by atoms with Crippen molar-refractivity contribution in [2.45, 2.75) is 96.9 Å². The molecule has 0 aromatic rings. The number of likely N-dealkylation sites (N-methyl/N-ethyl adjacent to an activating group) is 1. The number of aliphatic hydroxyl groups excluding tert-OH is 3. The van der Waals surface area contributed by atoms with Gasteiger partial charge in [-0.2, -0.15) is 0 Å². The second-order valence-corrected chi connectivity index (χ2v) is 12.7. The van der Waals surface area contributed by atoms with Crippen LogP contribution in [0.3, 0.4) is 0 Å². The number of fused-ring (bicyclic) bond motifs is 5. The van der Waals surface area contributed by atoms with Crippen LogP contribution in [0, 0.1) is 46.3 Å². The monoisotopic (exact) mass is 478 g/mol. The highest BCUT2D eigenvalue weighted by Crippen LogP contribution is 2.68. The Morgan fingerprint density at radius 2 is 1.74 bits per heavy atom. The minimum atomic E-state index is -1.01. The van der Waals surface area contributed by atoms with Gasteiger partial charge in [-0.1, -0.05) is 20.8 Å². The summed E-state index contributed by atoms with van der Waals surface area (Å²) in [5.74, 6) is 0.387. The summed E-state index contributed by atoms with van der Waals surface area (Å²) in [7, 11) is 1.53. The number of carbonyl (C=O) groups excluding carboxylic acids is 1. The lowest BCUT2D eigenvalue weighted by Crippen LogP contribution is -2.62. The lowest BCUT2D eigenvalue weighted by Gasteiger charge is -2.63. The second kappa shape index (κ2) is 9.36. The number of carboxylic acid groups (broad SMARTS) is 1. The highest BCUT2D eigenvalue weighted by atomic mass is 16.4. The molecule has 4 rings (SSSR count). The normalized spacial score (nSPS) is 46.7. The summed E-state index contributed by atoms with van der Waals surface area (Å²) in [6.07, 6.45) is 5.90. The Morgan fingerprint density at radius 3 is 2.41 bits per heavy atom. The third kappa shape index (κ3) is 4.20. The van der Waals surface area contributed by atoms with Crippen molar-refractivity contribution in [3.63, 3.8) is 0 Å². The van der Waals surface area contributed by atoms with Gasteiger partial charge < -0.3 is 25.3 Å². The van der Waals surface area contributed by atoms with Gasteiger partial charge in [-0.05, 0) is 97.7 Å². The van der Waals surface area contributed by atoms with E-state index in [9.17, 15) is 24.9 Å². The fourth-order valence-corrected chi connectivity index (χ4v) is 9.17. The summed E-state index contributed by atoms with van der Waals surface area (Å²) < 4.78 is 0. The maximum absolute atomic E-state index is 12.4. The fourth-order valence-electron chi connectivity index (χ4n) is 9.17. The maximum Gasteiger partial charge on any atom is 0.323 e. The smallest absolute Gasteiger partial charge is 0.323 e. The third-order valence-corrected chi connectivity index (χ3v) is 11.1. The number of hydrogen-bond donors (Lipinski definition) is 4. The predicted octanol–water partition coefficient (Wildman–Crippen LogP) is 2.91. The van der Waals surface area contributed by atoms with Crippen LogP contribution < -0.4 is 0 Å². The molecule has 0 spiro atoms. The zero-order valence-corrected chi connectivity index (χ0v) is 21.3. The van der Waals surface area contributed by atoms with E-state index in [-0.39, 0.29) is 65.1 Å². The minimum Gasteiger partial charge on any atom is -0.480 e. The molecule has 4 aliphatic carbocycles. The van der Waals surface area contributed by atoms with E-state index in [0.717, 1.165) is 38.5 Å². The number of aliphatic hydroxyl groups is 3. The van der Waals surface area contributed by atoms with Crippen LogP contribution in [0.15, 0.2) is 0 Å². The molecular weight excluding hydrogens is 433 g/mol. The summed E-state index contributed by atoms with van der Waals surface area (Å²) in [6.45, 7) is 6.44. The van der Waals surface area contributed by atoms with E-state index in [0.29, 0.717) is 25.2 Å². The van der Waals surface area contributed by atoms with Crippen LogP contribution in [-0.4, -0.2) is 69.1 Å². The van der Waals surface area contributed by atoms with E-state index in [1.807, 2.05) is 0 Å². The van der Waals surface area contributed by atoms with Gasteiger partial charge in [0.1, 0.15) is 6.54 Å². The van der Waals surface area contributed by atoms with Crippen molar-refractivity contribution in [1.29, 1.82) is 0 Å². The molecule has 34 heavy (non-hydrogen) atoms. The summed E-state index contributed by atoms with van der Waals surface area (Å²) >= 11 is 0. The standard InChI is InChI=1S/C27H45NO6/c1-15(5-8-23(32)28(4)14-24(33)34)18-6-7-19-25-20(13-22(31)27(18,19)3)26(2)10-9-17(29)11-16(26)12-21(25)30/h15-22,25,29-31H,5-14H2,1-4H3,(H,33,34)/t15-,16?,17-,18-,19?,20?,21-,22+,25?,26+,27-/m1/s1/i4-1. The molecule has 0 heterocycles. The molecule has 4 aliphatic rings. The number of aliphatic carboxylic acids is 1. The van der Waals surface area contributed by atoms with E-state index in [1.165, 1.54) is 11.9 Å². The van der Waals surface area contributed by atoms with Crippen LogP contribution in [0.25, 0.3) is 0 Å². The first-order valence-electron chi connectivity index (χ1n) is 13.4.